The van der Waals surface area contributed by atoms with E-state index in [-0.39, 0.29) is 12.3 Å². The van der Waals surface area contributed by atoms with E-state index in [1.165, 1.54) is 0 Å². The molecule has 0 aliphatic carbocycles. The molecule has 0 aliphatic rings. The molecule has 0 aromatic carbocycles. The molecule has 7 heteroatoms. The van der Waals surface area contributed by atoms with Crippen LogP contribution in [0.3, 0.4) is 0 Å². The van der Waals surface area contributed by atoms with Crippen LogP contribution in [0.5, 0.6) is 0 Å². The van der Waals surface area contributed by atoms with E-state index in [0.717, 1.165) is 15.3 Å². The summed E-state index contributed by atoms with van der Waals surface area (Å²) in [6.45, 7) is 5.44. The fraction of sp³-hybridized carbons (Fsp3) is 0.250. The Balaban J connectivity index is 2.21. The number of rotatable bonds is 3. The third-order valence-corrected chi connectivity index (χ3v) is 4.39. The highest BCUT2D eigenvalue weighted by molar-refractivity contribution is 7.12. The van der Waals surface area contributed by atoms with E-state index in [0.29, 0.717) is 22.3 Å². The Bertz CT molecular complexity index is 950. The van der Waals surface area contributed by atoms with Crippen molar-refractivity contribution in [2.45, 2.75) is 20.8 Å². The average molecular weight is 327 g/mol. The van der Waals surface area contributed by atoms with Crippen LogP contribution in [0.15, 0.2) is 16.7 Å². The van der Waals surface area contributed by atoms with Crippen LogP contribution >= 0.6 is 11.3 Å². The normalized spacial score (nSPS) is 10.7. The van der Waals surface area contributed by atoms with Crippen molar-refractivity contribution in [3.8, 4) is 17.3 Å². The van der Waals surface area contributed by atoms with E-state index >= 15 is 0 Å². The fourth-order valence-corrected chi connectivity index (χ4v) is 3.39. The molecule has 0 spiro atoms. The fourth-order valence-electron chi connectivity index (χ4n) is 2.45. The lowest BCUT2D eigenvalue weighted by Crippen LogP contribution is -2.07. The SMILES string of the molecule is Cc1cc(-c2cc(C(=O)OCC#N)c3c(C)noc3n2)c(C)s1. The molecule has 0 saturated heterocycles. The second kappa shape index (κ2) is 5.82. The molecule has 3 aromatic rings. The molecule has 0 bridgehead atoms. The zero-order valence-corrected chi connectivity index (χ0v) is 13.7. The maximum absolute atomic E-state index is 12.3. The first-order valence-electron chi connectivity index (χ1n) is 6.89. The highest BCUT2D eigenvalue weighted by atomic mass is 32.1. The number of hydrogen-bond acceptors (Lipinski definition) is 7. The Morgan fingerprint density at radius 3 is 2.83 bits per heavy atom. The lowest BCUT2D eigenvalue weighted by atomic mass is 10.1. The Hall–Kier alpha value is -2.72. The van der Waals surface area contributed by atoms with Gasteiger partial charge >= 0.3 is 5.97 Å². The predicted molar refractivity (Wildman–Crippen MR) is 85.2 cm³/mol. The molecule has 116 valence electrons. The summed E-state index contributed by atoms with van der Waals surface area (Å²) < 4.78 is 10.2. The van der Waals surface area contributed by atoms with Crippen molar-refractivity contribution < 1.29 is 14.1 Å². The second-order valence-corrected chi connectivity index (χ2v) is 6.52. The number of carbonyl (C=O) groups excluding carboxylic acids is 1. The van der Waals surface area contributed by atoms with Gasteiger partial charge in [0.1, 0.15) is 6.07 Å². The first-order valence-corrected chi connectivity index (χ1v) is 7.71. The van der Waals surface area contributed by atoms with Crippen LogP contribution in [-0.4, -0.2) is 22.7 Å². The molecular weight excluding hydrogens is 314 g/mol. The van der Waals surface area contributed by atoms with Crippen LogP contribution in [0.2, 0.25) is 0 Å². The van der Waals surface area contributed by atoms with Crippen molar-refractivity contribution >= 4 is 28.4 Å². The monoisotopic (exact) mass is 327 g/mol. The van der Waals surface area contributed by atoms with Crippen molar-refractivity contribution in [1.82, 2.24) is 10.1 Å². The van der Waals surface area contributed by atoms with Gasteiger partial charge in [-0.15, -0.1) is 11.3 Å². The standard InChI is InChI=1S/C16H13N3O3S/c1-8-6-11(10(3)23-8)13-7-12(16(20)21-5-4-17)14-9(2)19-22-15(14)18-13/h6-7H,5H2,1-3H3. The first-order chi connectivity index (χ1) is 11.0. The molecule has 0 atom stereocenters. The molecule has 3 rings (SSSR count). The highest BCUT2D eigenvalue weighted by Crippen LogP contribution is 2.33. The number of thiophene rings is 1. The average Bonchev–Trinajstić information content (AvgIpc) is 3.06. The molecule has 0 aliphatic heterocycles. The number of pyridine rings is 1. The summed E-state index contributed by atoms with van der Waals surface area (Å²) in [4.78, 5) is 19.0. The molecule has 0 N–H and O–H groups in total. The van der Waals surface area contributed by atoms with Gasteiger partial charge in [0.25, 0.3) is 5.71 Å². The number of hydrogen-bond donors (Lipinski definition) is 0. The third kappa shape index (κ3) is 2.69. The molecular formula is C16H13N3O3S. The van der Waals surface area contributed by atoms with Crippen LogP contribution in [0, 0.1) is 32.1 Å². The minimum Gasteiger partial charge on any atom is -0.447 e. The quantitative estimate of drug-likeness (QED) is 0.683. The van der Waals surface area contributed by atoms with Crippen molar-refractivity contribution in [2.75, 3.05) is 6.61 Å². The minimum absolute atomic E-state index is 0.284. The largest absolute Gasteiger partial charge is 0.447 e. The number of aromatic nitrogens is 2. The van der Waals surface area contributed by atoms with Gasteiger partial charge in [-0.2, -0.15) is 5.26 Å². The van der Waals surface area contributed by atoms with Crippen LogP contribution < -0.4 is 0 Å². The molecule has 0 saturated carbocycles. The molecule has 0 fully saturated rings. The van der Waals surface area contributed by atoms with E-state index in [9.17, 15) is 4.79 Å². The lowest BCUT2D eigenvalue weighted by molar-refractivity contribution is 0.0557. The molecule has 3 heterocycles. The maximum atomic E-state index is 12.3. The Kier molecular flexibility index (Phi) is 3.84. The van der Waals surface area contributed by atoms with Crippen molar-refractivity contribution in [3.63, 3.8) is 0 Å². The number of aryl methyl sites for hydroxylation is 3. The number of fused-ring (bicyclic) bond motifs is 1. The van der Waals surface area contributed by atoms with E-state index in [2.05, 4.69) is 10.1 Å². The topological polar surface area (TPSA) is 89.0 Å². The van der Waals surface area contributed by atoms with Gasteiger partial charge in [0.2, 0.25) is 0 Å². The van der Waals surface area contributed by atoms with E-state index in [1.807, 2.05) is 19.9 Å². The summed E-state index contributed by atoms with van der Waals surface area (Å²) in [5.41, 5.74) is 2.72. The highest BCUT2D eigenvalue weighted by Gasteiger charge is 2.21. The smallest absolute Gasteiger partial charge is 0.340 e. The Labute approximate surface area is 136 Å². The van der Waals surface area contributed by atoms with Gasteiger partial charge in [0.15, 0.2) is 6.61 Å². The summed E-state index contributed by atoms with van der Waals surface area (Å²) in [5.74, 6) is -0.587. The third-order valence-electron chi connectivity index (χ3n) is 3.42. The van der Waals surface area contributed by atoms with Gasteiger partial charge < -0.3 is 9.26 Å². The van der Waals surface area contributed by atoms with E-state index in [4.69, 9.17) is 14.5 Å². The van der Waals surface area contributed by atoms with Gasteiger partial charge in [-0.05, 0) is 32.9 Å². The molecule has 3 aromatic heterocycles. The molecule has 6 nitrogen and oxygen atoms in total. The summed E-state index contributed by atoms with van der Waals surface area (Å²) in [5, 5.41) is 13.0. The van der Waals surface area contributed by atoms with Gasteiger partial charge in [-0.3, -0.25) is 0 Å². The van der Waals surface area contributed by atoms with Crippen molar-refractivity contribution in [2.24, 2.45) is 0 Å². The van der Waals surface area contributed by atoms with E-state index < -0.39 is 5.97 Å². The van der Waals surface area contributed by atoms with Gasteiger partial charge in [0.05, 0.1) is 22.3 Å². The van der Waals surface area contributed by atoms with Gasteiger partial charge in [-0.1, -0.05) is 5.16 Å². The lowest BCUT2D eigenvalue weighted by Gasteiger charge is -2.05. The number of esters is 1. The Morgan fingerprint density at radius 1 is 1.39 bits per heavy atom. The predicted octanol–water partition coefficient (Wildman–Crippen LogP) is 3.56. The van der Waals surface area contributed by atoms with Crippen LogP contribution in [-0.2, 0) is 4.74 Å². The molecule has 0 amide bonds. The van der Waals surface area contributed by atoms with Gasteiger partial charge in [0, 0.05) is 15.3 Å². The summed E-state index contributed by atoms with van der Waals surface area (Å²) in [6.07, 6.45) is 0. The molecule has 23 heavy (non-hydrogen) atoms. The molecule has 0 radical (unpaired) electrons. The Morgan fingerprint density at radius 2 is 2.17 bits per heavy atom. The van der Waals surface area contributed by atoms with Crippen molar-refractivity contribution in [1.29, 1.82) is 5.26 Å². The summed E-state index contributed by atoms with van der Waals surface area (Å²) in [7, 11) is 0. The summed E-state index contributed by atoms with van der Waals surface area (Å²) >= 11 is 1.66. The number of nitrogens with zero attached hydrogens (tertiary/aromatic N) is 3. The maximum Gasteiger partial charge on any atom is 0.340 e. The number of ether oxygens (including phenoxy) is 1. The zero-order chi connectivity index (χ0) is 16.6. The van der Waals surface area contributed by atoms with Crippen LogP contribution in [0.4, 0.5) is 0 Å². The number of nitriles is 1. The van der Waals surface area contributed by atoms with Gasteiger partial charge in [-0.25, -0.2) is 9.78 Å². The van der Waals surface area contributed by atoms with Crippen LogP contribution in [0.25, 0.3) is 22.4 Å². The summed E-state index contributed by atoms with van der Waals surface area (Å²) in [6, 6.07) is 5.47. The van der Waals surface area contributed by atoms with Crippen LogP contribution in [0.1, 0.15) is 25.8 Å². The second-order valence-electron chi connectivity index (χ2n) is 5.06. The zero-order valence-electron chi connectivity index (χ0n) is 12.8. The minimum atomic E-state index is -0.587. The van der Waals surface area contributed by atoms with Crippen molar-refractivity contribution in [3.05, 3.63) is 33.1 Å². The number of carbonyl (C=O) groups is 1. The first kappa shape index (κ1) is 15.2. The molecule has 0 unspecified atom stereocenters. The van der Waals surface area contributed by atoms with E-state index in [1.54, 1.807) is 30.4 Å².